The minimum Gasteiger partial charge on any atom is -0.396 e. The van der Waals surface area contributed by atoms with Crippen molar-refractivity contribution in [3.05, 3.63) is 24.0 Å². The van der Waals surface area contributed by atoms with Gasteiger partial charge in [-0.3, -0.25) is 4.68 Å². The Balaban J connectivity index is 2.03. The van der Waals surface area contributed by atoms with Crippen molar-refractivity contribution in [2.24, 2.45) is 0 Å². The van der Waals surface area contributed by atoms with Gasteiger partial charge in [0, 0.05) is 6.54 Å². The van der Waals surface area contributed by atoms with Gasteiger partial charge >= 0.3 is 0 Å². The topological polar surface area (TPSA) is 86.9 Å². The molecule has 4 aromatic rings. The lowest BCUT2D eigenvalue weighted by atomic mass is 10.3. The van der Waals surface area contributed by atoms with Gasteiger partial charge in [0.05, 0.1) is 17.3 Å². The number of nitrogen functional groups attached to an aromatic ring is 1. The summed E-state index contributed by atoms with van der Waals surface area (Å²) in [5.74, 6) is 0.572. The molecule has 0 fully saturated rings. The number of hydrogen-bond acceptors (Lipinski definition) is 6. The van der Waals surface area contributed by atoms with E-state index in [4.69, 9.17) is 5.73 Å². The van der Waals surface area contributed by atoms with E-state index in [-0.39, 0.29) is 0 Å². The summed E-state index contributed by atoms with van der Waals surface area (Å²) >= 11 is 1.59. The number of aryl methyl sites for hydroxylation is 1. The van der Waals surface area contributed by atoms with Crippen LogP contribution in [0.2, 0.25) is 0 Å². The fourth-order valence-corrected chi connectivity index (χ4v) is 2.98. The van der Waals surface area contributed by atoms with Crippen molar-refractivity contribution in [3.63, 3.8) is 0 Å². The Labute approximate surface area is 117 Å². The molecule has 0 amide bonds. The SMILES string of the molecule is CCn1ncc(N)c1-c1nc2c3ccsc3ncn2n1. The largest absolute Gasteiger partial charge is 0.396 e. The molecule has 0 atom stereocenters. The van der Waals surface area contributed by atoms with E-state index in [2.05, 4.69) is 20.2 Å². The molecule has 7 nitrogen and oxygen atoms in total. The van der Waals surface area contributed by atoms with E-state index in [0.29, 0.717) is 18.1 Å². The van der Waals surface area contributed by atoms with Gasteiger partial charge in [0.25, 0.3) is 0 Å². The lowest BCUT2D eigenvalue weighted by Gasteiger charge is -2.00. The van der Waals surface area contributed by atoms with Crippen LogP contribution in [0.1, 0.15) is 6.92 Å². The standard InChI is InChI=1S/C12H11N7S/c1-2-18-9(8(13)5-15-18)10-16-11-7-3-4-20-12(7)14-6-19(11)17-10/h3-6H,2,13H2,1H3. The van der Waals surface area contributed by atoms with Crippen molar-refractivity contribution in [2.75, 3.05) is 5.73 Å². The van der Waals surface area contributed by atoms with Crippen LogP contribution in [-0.2, 0) is 6.54 Å². The molecule has 0 spiro atoms. The number of fused-ring (bicyclic) bond motifs is 3. The average molecular weight is 285 g/mol. The van der Waals surface area contributed by atoms with Crippen LogP contribution < -0.4 is 5.73 Å². The molecular formula is C12H11N7S. The van der Waals surface area contributed by atoms with Crippen molar-refractivity contribution in [1.82, 2.24) is 29.4 Å². The van der Waals surface area contributed by atoms with Gasteiger partial charge in [-0.15, -0.1) is 16.4 Å². The summed E-state index contributed by atoms with van der Waals surface area (Å²) < 4.78 is 3.47. The number of nitrogens with zero attached hydrogens (tertiary/aromatic N) is 6. The molecule has 0 aliphatic carbocycles. The molecule has 0 saturated carbocycles. The van der Waals surface area contributed by atoms with Crippen molar-refractivity contribution >= 4 is 32.9 Å². The molecule has 4 heterocycles. The highest BCUT2D eigenvalue weighted by Gasteiger charge is 2.16. The monoisotopic (exact) mass is 285 g/mol. The average Bonchev–Trinajstić information content (AvgIpc) is 3.13. The van der Waals surface area contributed by atoms with Crippen LogP contribution in [0, 0.1) is 0 Å². The van der Waals surface area contributed by atoms with Crippen LogP contribution in [-0.4, -0.2) is 29.4 Å². The van der Waals surface area contributed by atoms with Crippen LogP contribution in [0.5, 0.6) is 0 Å². The summed E-state index contributed by atoms with van der Waals surface area (Å²) in [6.45, 7) is 2.72. The molecule has 20 heavy (non-hydrogen) atoms. The highest BCUT2D eigenvalue weighted by atomic mass is 32.1. The van der Waals surface area contributed by atoms with Crippen LogP contribution in [0.3, 0.4) is 0 Å². The molecule has 2 N–H and O–H groups in total. The quantitative estimate of drug-likeness (QED) is 0.607. The predicted molar refractivity (Wildman–Crippen MR) is 77.5 cm³/mol. The second-order valence-electron chi connectivity index (χ2n) is 4.35. The first-order valence-electron chi connectivity index (χ1n) is 6.18. The van der Waals surface area contributed by atoms with Crippen molar-refractivity contribution < 1.29 is 0 Å². The lowest BCUT2D eigenvalue weighted by molar-refractivity contribution is 0.663. The van der Waals surface area contributed by atoms with E-state index in [0.717, 1.165) is 21.6 Å². The van der Waals surface area contributed by atoms with Gasteiger partial charge in [-0.25, -0.2) is 14.5 Å². The first-order valence-corrected chi connectivity index (χ1v) is 7.06. The number of hydrogen-bond donors (Lipinski definition) is 1. The lowest BCUT2D eigenvalue weighted by Crippen LogP contribution is -2.01. The third-order valence-corrected chi connectivity index (χ3v) is 4.00. The van der Waals surface area contributed by atoms with E-state index in [1.807, 2.05) is 18.4 Å². The van der Waals surface area contributed by atoms with Crippen LogP contribution in [0.25, 0.3) is 27.4 Å². The third kappa shape index (κ3) is 1.45. The fourth-order valence-electron chi connectivity index (χ4n) is 2.25. The van der Waals surface area contributed by atoms with E-state index in [1.165, 1.54) is 0 Å². The number of thiophene rings is 1. The maximum absolute atomic E-state index is 5.98. The highest BCUT2D eigenvalue weighted by Crippen LogP contribution is 2.26. The Morgan fingerprint density at radius 3 is 3.15 bits per heavy atom. The summed E-state index contributed by atoms with van der Waals surface area (Å²) in [5.41, 5.74) is 8.09. The Morgan fingerprint density at radius 2 is 2.30 bits per heavy atom. The normalized spacial score (nSPS) is 11.7. The van der Waals surface area contributed by atoms with Gasteiger partial charge in [-0.1, -0.05) is 0 Å². The molecule has 0 aliphatic rings. The van der Waals surface area contributed by atoms with Gasteiger partial charge in [0.1, 0.15) is 16.9 Å². The molecule has 0 aliphatic heterocycles. The molecule has 0 radical (unpaired) electrons. The minimum absolute atomic E-state index is 0.572. The fraction of sp³-hybridized carbons (Fsp3) is 0.167. The maximum atomic E-state index is 5.98. The second kappa shape index (κ2) is 4.01. The number of nitrogens with two attached hydrogens (primary N) is 1. The Kier molecular flexibility index (Phi) is 2.27. The molecule has 8 heteroatoms. The number of anilines is 1. The zero-order valence-corrected chi connectivity index (χ0v) is 11.5. The highest BCUT2D eigenvalue weighted by molar-refractivity contribution is 7.16. The summed E-state index contributed by atoms with van der Waals surface area (Å²) in [7, 11) is 0. The van der Waals surface area contributed by atoms with E-state index < -0.39 is 0 Å². The first kappa shape index (κ1) is 11.4. The van der Waals surface area contributed by atoms with Gasteiger partial charge < -0.3 is 5.73 Å². The van der Waals surface area contributed by atoms with E-state index in [9.17, 15) is 0 Å². The summed E-state index contributed by atoms with van der Waals surface area (Å²) in [5, 5.41) is 11.7. The molecule has 100 valence electrons. The molecule has 0 saturated heterocycles. The molecule has 4 rings (SSSR count). The van der Waals surface area contributed by atoms with Crippen LogP contribution >= 0.6 is 11.3 Å². The van der Waals surface area contributed by atoms with Crippen molar-refractivity contribution in [2.45, 2.75) is 13.5 Å². The summed E-state index contributed by atoms with van der Waals surface area (Å²) in [6, 6.07) is 2.00. The first-order chi connectivity index (χ1) is 9.78. The van der Waals surface area contributed by atoms with Crippen LogP contribution in [0.4, 0.5) is 5.69 Å². The third-order valence-electron chi connectivity index (χ3n) is 3.18. The van der Waals surface area contributed by atoms with Gasteiger partial charge in [-0.2, -0.15) is 5.10 Å². The zero-order valence-electron chi connectivity index (χ0n) is 10.7. The molecule has 4 aromatic heterocycles. The minimum atomic E-state index is 0.572. The zero-order chi connectivity index (χ0) is 13.7. The number of aromatic nitrogens is 6. The Hall–Kier alpha value is -2.48. The molecular weight excluding hydrogens is 274 g/mol. The molecule has 0 unspecified atom stereocenters. The smallest absolute Gasteiger partial charge is 0.202 e. The Bertz CT molecular complexity index is 916. The van der Waals surface area contributed by atoms with Crippen molar-refractivity contribution in [3.8, 4) is 11.5 Å². The maximum Gasteiger partial charge on any atom is 0.202 e. The van der Waals surface area contributed by atoms with Gasteiger partial charge in [0.2, 0.25) is 5.82 Å². The van der Waals surface area contributed by atoms with Crippen LogP contribution in [0.15, 0.2) is 24.0 Å². The second-order valence-corrected chi connectivity index (χ2v) is 5.25. The Morgan fingerprint density at radius 1 is 1.40 bits per heavy atom. The van der Waals surface area contributed by atoms with Gasteiger partial charge in [-0.05, 0) is 18.4 Å². The summed E-state index contributed by atoms with van der Waals surface area (Å²) in [4.78, 5) is 9.91. The number of rotatable bonds is 2. The van der Waals surface area contributed by atoms with Crippen molar-refractivity contribution in [1.29, 1.82) is 0 Å². The molecule has 0 aromatic carbocycles. The molecule has 0 bridgehead atoms. The predicted octanol–water partition coefficient (Wildman–Crippen LogP) is 1.80. The van der Waals surface area contributed by atoms with E-state index >= 15 is 0 Å². The van der Waals surface area contributed by atoms with Gasteiger partial charge in [0.15, 0.2) is 5.65 Å². The summed E-state index contributed by atoms with van der Waals surface area (Å²) in [6.07, 6.45) is 3.30. The van der Waals surface area contributed by atoms with E-state index in [1.54, 1.807) is 33.1 Å².